The van der Waals surface area contributed by atoms with Gasteiger partial charge in [0.15, 0.2) is 29.9 Å². The number of hydrogen-bond donors (Lipinski definition) is 1. The molecule has 0 saturated carbocycles. The molecule has 0 saturated heterocycles. The maximum atomic E-state index is 13.5. The first-order valence-electron chi connectivity index (χ1n) is 6.88. The first kappa shape index (κ1) is 19.2. The maximum absolute atomic E-state index is 13.5. The Bertz CT molecular complexity index is 843. The molecule has 138 valence electrons. The summed E-state index contributed by atoms with van der Waals surface area (Å²) < 4.78 is 75.4. The average molecular weight is 375 g/mol. The second kappa shape index (κ2) is 7.81. The molecule has 0 fully saturated rings. The third-order valence-electron chi connectivity index (χ3n) is 3.11. The number of anilines is 1. The number of nitrogens with one attached hydrogen (secondary N) is 1. The average Bonchev–Trinajstić information content (AvgIpc) is 2.66. The summed E-state index contributed by atoms with van der Waals surface area (Å²) in [5.74, 6) is -13.1. The van der Waals surface area contributed by atoms with Crippen LogP contribution >= 0.6 is 0 Å². The number of hydrogen-bond acceptors (Lipinski definition) is 4. The Hall–Kier alpha value is -3.17. The summed E-state index contributed by atoms with van der Waals surface area (Å²) in [5, 5.41) is 1.48. The van der Waals surface area contributed by atoms with Crippen molar-refractivity contribution in [3.63, 3.8) is 0 Å². The molecule has 0 aliphatic carbocycles. The molecule has 2 aromatic rings. The van der Waals surface area contributed by atoms with Crippen LogP contribution in [0, 0.1) is 29.1 Å². The highest BCUT2D eigenvalue weighted by molar-refractivity contribution is 5.95. The van der Waals surface area contributed by atoms with Crippen molar-refractivity contribution in [2.45, 2.75) is 0 Å². The van der Waals surface area contributed by atoms with Crippen LogP contribution < -0.4 is 10.1 Å². The predicted molar refractivity (Wildman–Crippen MR) is 78.1 cm³/mol. The molecule has 0 unspecified atom stereocenters. The Labute approximate surface area is 143 Å². The molecule has 0 heterocycles. The number of carbonyl (C=O) groups excluding carboxylic acids is 2. The van der Waals surface area contributed by atoms with Crippen molar-refractivity contribution in [3.8, 4) is 5.75 Å². The molecule has 0 spiro atoms. The van der Waals surface area contributed by atoms with Gasteiger partial charge in [0.1, 0.15) is 11.4 Å². The zero-order valence-electron chi connectivity index (χ0n) is 13.0. The van der Waals surface area contributed by atoms with Gasteiger partial charge in [-0.05, 0) is 18.2 Å². The van der Waals surface area contributed by atoms with Crippen LogP contribution in [-0.2, 0) is 9.53 Å². The maximum Gasteiger partial charge on any atom is 0.338 e. The third kappa shape index (κ3) is 3.90. The quantitative estimate of drug-likeness (QED) is 0.377. The molecule has 0 atom stereocenters. The summed E-state index contributed by atoms with van der Waals surface area (Å²) in [6, 6.07) is 5.69. The van der Waals surface area contributed by atoms with Gasteiger partial charge in [0.25, 0.3) is 5.91 Å². The molecular formula is C16H10F5NO4. The fourth-order valence-electron chi connectivity index (χ4n) is 1.85. The lowest BCUT2D eigenvalue weighted by Gasteiger charge is -2.10. The second-order valence-corrected chi connectivity index (χ2v) is 4.80. The minimum absolute atomic E-state index is 0.0217. The molecule has 1 amide bonds. The number of methoxy groups -OCH3 is 1. The zero-order valence-corrected chi connectivity index (χ0v) is 13.0. The number of ether oxygens (including phenoxy) is 2. The summed E-state index contributed by atoms with van der Waals surface area (Å²) in [4.78, 5) is 23.4. The number of halogens is 5. The largest absolute Gasteiger partial charge is 0.497 e. The van der Waals surface area contributed by atoms with E-state index in [9.17, 15) is 31.5 Å². The number of carbonyl (C=O) groups is 2. The summed E-state index contributed by atoms with van der Waals surface area (Å²) in [7, 11) is 1.36. The first-order valence-corrected chi connectivity index (χ1v) is 6.88. The van der Waals surface area contributed by atoms with Crippen molar-refractivity contribution in [3.05, 3.63) is 58.9 Å². The van der Waals surface area contributed by atoms with Crippen molar-refractivity contribution in [2.24, 2.45) is 0 Å². The van der Waals surface area contributed by atoms with Crippen molar-refractivity contribution >= 4 is 17.6 Å². The molecular weight excluding hydrogens is 365 g/mol. The molecule has 0 aliphatic heterocycles. The monoisotopic (exact) mass is 375 g/mol. The number of rotatable bonds is 5. The van der Waals surface area contributed by atoms with Gasteiger partial charge in [-0.25, -0.2) is 26.7 Å². The zero-order chi connectivity index (χ0) is 19.4. The van der Waals surface area contributed by atoms with Crippen LogP contribution in [0.15, 0.2) is 24.3 Å². The van der Waals surface area contributed by atoms with Crippen molar-refractivity contribution in [1.29, 1.82) is 0 Å². The highest BCUT2D eigenvalue weighted by atomic mass is 19.2. The normalized spacial score (nSPS) is 10.4. The summed E-state index contributed by atoms with van der Waals surface area (Å²) in [6.45, 7) is -1.02. The Morgan fingerprint density at radius 2 is 1.54 bits per heavy atom. The van der Waals surface area contributed by atoms with Crippen molar-refractivity contribution < 1.29 is 41.0 Å². The van der Waals surface area contributed by atoms with E-state index in [1.807, 2.05) is 0 Å². The van der Waals surface area contributed by atoms with Gasteiger partial charge in [-0.15, -0.1) is 0 Å². The highest BCUT2D eigenvalue weighted by Gasteiger charge is 2.27. The summed E-state index contributed by atoms with van der Waals surface area (Å²) in [6.07, 6.45) is 0. The molecule has 26 heavy (non-hydrogen) atoms. The van der Waals surface area contributed by atoms with E-state index in [-0.39, 0.29) is 5.56 Å². The Morgan fingerprint density at radius 3 is 2.12 bits per heavy atom. The Kier molecular flexibility index (Phi) is 5.75. The van der Waals surface area contributed by atoms with E-state index in [0.717, 1.165) is 0 Å². The SMILES string of the molecule is COc1cccc(C(=O)OCC(=O)Nc2c(F)c(F)c(F)c(F)c2F)c1. The van der Waals surface area contributed by atoms with Gasteiger partial charge in [-0.2, -0.15) is 0 Å². The van der Waals surface area contributed by atoms with Gasteiger partial charge >= 0.3 is 5.97 Å². The summed E-state index contributed by atoms with van der Waals surface area (Å²) >= 11 is 0. The fourth-order valence-corrected chi connectivity index (χ4v) is 1.85. The van der Waals surface area contributed by atoms with E-state index in [2.05, 4.69) is 4.74 Å². The van der Waals surface area contributed by atoms with E-state index in [1.54, 1.807) is 6.07 Å². The smallest absolute Gasteiger partial charge is 0.338 e. The highest BCUT2D eigenvalue weighted by Crippen LogP contribution is 2.27. The first-order chi connectivity index (χ1) is 12.3. The van der Waals surface area contributed by atoms with Gasteiger partial charge < -0.3 is 14.8 Å². The van der Waals surface area contributed by atoms with Gasteiger partial charge in [0.05, 0.1) is 12.7 Å². The van der Waals surface area contributed by atoms with Crippen molar-refractivity contribution in [1.82, 2.24) is 0 Å². The molecule has 2 aromatic carbocycles. The Balaban J connectivity index is 2.07. The van der Waals surface area contributed by atoms with E-state index in [4.69, 9.17) is 4.74 Å². The van der Waals surface area contributed by atoms with Crippen LogP contribution in [0.25, 0.3) is 0 Å². The lowest BCUT2D eigenvalue weighted by molar-refractivity contribution is -0.119. The lowest BCUT2D eigenvalue weighted by atomic mass is 10.2. The van der Waals surface area contributed by atoms with Crippen LogP contribution in [0.2, 0.25) is 0 Å². The summed E-state index contributed by atoms with van der Waals surface area (Å²) in [5.41, 5.74) is -1.52. The minimum Gasteiger partial charge on any atom is -0.497 e. The predicted octanol–water partition coefficient (Wildman–Crippen LogP) is 3.19. The topological polar surface area (TPSA) is 64.6 Å². The molecule has 10 heteroatoms. The molecule has 0 aliphatic rings. The molecule has 2 rings (SSSR count). The van der Waals surface area contributed by atoms with E-state index in [1.165, 1.54) is 30.6 Å². The molecule has 5 nitrogen and oxygen atoms in total. The molecule has 0 radical (unpaired) electrons. The third-order valence-corrected chi connectivity index (χ3v) is 3.11. The molecule has 1 N–H and O–H groups in total. The standard InChI is InChI=1S/C16H10F5NO4/c1-25-8-4-2-3-7(5-8)16(24)26-6-9(23)22-15-13(20)11(18)10(17)12(19)14(15)21/h2-5H,6H2,1H3,(H,22,23). The number of esters is 1. The van der Waals surface area contributed by atoms with Crippen LogP contribution in [0.1, 0.15) is 10.4 Å². The molecule has 0 bridgehead atoms. The minimum atomic E-state index is -2.36. The van der Waals surface area contributed by atoms with Gasteiger partial charge in [-0.1, -0.05) is 6.07 Å². The van der Waals surface area contributed by atoms with Crippen LogP contribution in [-0.4, -0.2) is 25.6 Å². The van der Waals surface area contributed by atoms with E-state index in [0.29, 0.717) is 5.75 Å². The van der Waals surface area contributed by atoms with Crippen molar-refractivity contribution in [2.75, 3.05) is 19.0 Å². The van der Waals surface area contributed by atoms with Gasteiger partial charge in [0.2, 0.25) is 5.82 Å². The van der Waals surface area contributed by atoms with E-state index < -0.39 is 53.3 Å². The van der Waals surface area contributed by atoms with Gasteiger partial charge in [-0.3, -0.25) is 4.79 Å². The molecule has 0 aromatic heterocycles. The fraction of sp³-hybridized carbons (Fsp3) is 0.125. The number of benzene rings is 2. The van der Waals surface area contributed by atoms with Gasteiger partial charge in [0, 0.05) is 0 Å². The second-order valence-electron chi connectivity index (χ2n) is 4.80. The Morgan fingerprint density at radius 1 is 0.962 bits per heavy atom. The van der Waals surface area contributed by atoms with Crippen LogP contribution in [0.5, 0.6) is 5.75 Å². The number of amides is 1. The van der Waals surface area contributed by atoms with E-state index >= 15 is 0 Å². The van der Waals surface area contributed by atoms with Crippen LogP contribution in [0.3, 0.4) is 0 Å². The van der Waals surface area contributed by atoms with Crippen LogP contribution in [0.4, 0.5) is 27.6 Å². The lowest BCUT2D eigenvalue weighted by Crippen LogP contribution is -2.23.